The van der Waals surface area contributed by atoms with E-state index < -0.39 is 24.4 Å². The molecule has 0 aliphatic heterocycles. The van der Waals surface area contributed by atoms with Gasteiger partial charge in [0.1, 0.15) is 11.2 Å². The molecule has 0 aliphatic rings. The van der Waals surface area contributed by atoms with Crippen LogP contribution in [0.4, 0.5) is 24.1 Å². The number of carbonyl (C=O) groups excluding carboxylic acids is 2. The van der Waals surface area contributed by atoms with Gasteiger partial charge in [0.2, 0.25) is 16.9 Å². The van der Waals surface area contributed by atoms with Gasteiger partial charge in [0.15, 0.2) is 11.4 Å². The van der Waals surface area contributed by atoms with Gasteiger partial charge in [-0.3, -0.25) is 14.9 Å². The topological polar surface area (TPSA) is 162 Å². The average Bonchev–Trinajstić information content (AvgIpc) is 3.45. The van der Waals surface area contributed by atoms with Crippen molar-refractivity contribution in [3.63, 3.8) is 0 Å². The number of carbonyl (C=O) groups is 2. The zero-order chi connectivity index (χ0) is 33.9. The fourth-order valence-electron chi connectivity index (χ4n) is 4.51. The van der Waals surface area contributed by atoms with Crippen molar-refractivity contribution in [2.75, 3.05) is 10.6 Å². The van der Waals surface area contributed by atoms with Gasteiger partial charge in [0.05, 0.1) is 18.5 Å². The van der Waals surface area contributed by atoms with E-state index in [9.17, 15) is 33.0 Å². The highest BCUT2D eigenvalue weighted by molar-refractivity contribution is 7.15. The number of nitrogens with one attached hydrogen (secondary N) is 3. The van der Waals surface area contributed by atoms with Crippen LogP contribution in [0.15, 0.2) is 66.7 Å². The zero-order valence-electron chi connectivity index (χ0n) is 25.6. The Kier molecular flexibility index (Phi) is 12.5. The smallest absolute Gasteiger partial charge is 0.381 e. The summed E-state index contributed by atoms with van der Waals surface area (Å²) in [4.78, 5) is 24.8. The van der Waals surface area contributed by atoms with Crippen molar-refractivity contribution >= 4 is 34.1 Å². The second kappa shape index (κ2) is 16.5. The molecule has 4 rings (SSSR count). The average molecular weight is 672 g/mol. The number of benzene rings is 2. The van der Waals surface area contributed by atoms with Crippen LogP contribution in [-0.2, 0) is 41.8 Å². The van der Waals surface area contributed by atoms with E-state index in [1.165, 1.54) is 11.3 Å². The molecular weight excluding hydrogens is 635 g/mol. The SMILES string of the molecule is CC(O)(CC(O)NCc1cccc(CC(=O)Nc2nnc(CCCCc3ccc(NC(=O)Cc4ccccc4)nn3)s2)c1)C(F)(F)F. The summed E-state index contributed by atoms with van der Waals surface area (Å²) in [5.74, 6) is -0.0694. The van der Waals surface area contributed by atoms with Crippen LogP contribution in [0.1, 0.15) is 53.6 Å². The molecule has 4 aromatic rings. The van der Waals surface area contributed by atoms with Crippen LogP contribution in [-0.4, -0.2) is 60.4 Å². The minimum absolute atomic E-state index is 0.0324. The lowest BCUT2D eigenvalue weighted by Gasteiger charge is -2.28. The van der Waals surface area contributed by atoms with Crippen LogP contribution in [0.5, 0.6) is 0 Å². The lowest BCUT2D eigenvalue weighted by atomic mass is 10.0. The standard InChI is InChI=1S/C32H36F3N7O4S/c1-31(46,32(33,34)35)19-28(45)36-20-23-11-7-10-22(16-23)18-27(44)38-30-42-41-29(47-30)13-6-5-12-24-14-15-25(40-39-24)37-26(43)17-21-8-3-2-4-9-21/h2-4,7-11,14-16,28,36,45-46H,5-6,12-13,17-20H2,1H3,(H,37,40,43)(H,38,42,44). The van der Waals surface area contributed by atoms with Gasteiger partial charge >= 0.3 is 6.18 Å². The van der Waals surface area contributed by atoms with Gasteiger partial charge < -0.3 is 20.8 Å². The first-order valence-electron chi connectivity index (χ1n) is 14.9. The number of aliphatic hydroxyl groups is 2. The molecule has 0 fully saturated rings. The molecule has 0 spiro atoms. The van der Waals surface area contributed by atoms with Gasteiger partial charge in [-0.05, 0) is 55.0 Å². The Morgan fingerprint density at radius 2 is 1.51 bits per heavy atom. The molecule has 0 aliphatic carbocycles. The number of aromatic nitrogens is 4. The zero-order valence-corrected chi connectivity index (χ0v) is 26.4. The number of rotatable bonds is 16. The predicted octanol–water partition coefficient (Wildman–Crippen LogP) is 4.37. The fraction of sp³-hybridized carbons (Fsp3) is 0.375. The van der Waals surface area contributed by atoms with E-state index in [-0.39, 0.29) is 31.2 Å². The molecule has 0 bridgehead atoms. The first-order valence-corrected chi connectivity index (χ1v) is 15.7. The second-order valence-electron chi connectivity index (χ2n) is 11.2. The number of hydrogen-bond acceptors (Lipinski definition) is 10. The Hall–Kier alpha value is -4.31. The lowest BCUT2D eigenvalue weighted by molar-refractivity contribution is -0.261. The molecule has 0 saturated carbocycles. The number of hydrogen-bond donors (Lipinski definition) is 5. The number of halogens is 3. The van der Waals surface area contributed by atoms with Crippen molar-refractivity contribution in [2.24, 2.45) is 0 Å². The molecule has 5 N–H and O–H groups in total. The Labute approximate surface area is 273 Å². The van der Waals surface area contributed by atoms with Gasteiger partial charge in [-0.2, -0.15) is 18.3 Å². The number of aryl methyl sites for hydroxylation is 2. The maximum Gasteiger partial charge on any atom is 0.417 e. The number of aliphatic hydroxyl groups excluding tert-OH is 1. The third kappa shape index (κ3) is 11.8. The van der Waals surface area contributed by atoms with Gasteiger partial charge in [-0.15, -0.1) is 15.3 Å². The summed E-state index contributed by atoms with van der Waals surface area (Å²) in [6.07, 6.45) is -4.06. The highest BCUT2D eigenvalue weighted by Crippen LogP contribution is 2.33. The first kappa shape index (κ1) is 35.5. The molecule has 0 radical (unpaired) electrons. The monoisotopic (exact) mass is 671 g/mol. The first-order chi connectivity index (χ1) is 22.4. The van der Waals surface area contributed by atoms with E-state index >= 15 is 0 Å². The van der Waals surface area contributed by atoms with Gasteiger partial charge in [0.25, 0.3) is 0 Å². The van der Waals surface area contributed by atoms with E-state index in [0.29, 0.717) is 41.8 Å². The minimum atomic E-state index is -4.87. The predicted molar refractivity (Wildman–Crippen MR) is 170 cm³/mol. The molecule has 15 heteroatoms. The number of nitrogens with zero attached hydrogens (tertiary/aromatic N) is 4. The summed E-state index contributed by atoms with van der Waals surface area (Å²) in [5, 5.41) is 45.2. The van der Waals surface area contributed by atoms with Gasteiger partial charge in [-0.1, -0.05) is 65.9 Å². The Morgan fingerprint density at radius 1 is 0.830 bits per heavy atom. The second-order valence-corrected chi connectivity index (χ2v) is 12.3. The Balaban J connectivity index is 1.14. The largest absolute Gasteiger partial charge is 0.417 e. The van der Waals surface area contributed by atoms with Crippen LogP contribution in [0.3, 0.4) is 0 Å². The van der Waals surface area contributed by atoms with E-state index in [1.807, 2.05) is 36.4 Å². The molecule has 2 aromatic heterocycles. The Morgan fingerprint density at radius 3 is 2.23 bits per heavy atom. The summed E-state index contributed by atoms with van der Waals surface area (Å²) in [7, 11) is 0. The van der Waals surface area contributed by atoms with Crippen LogP contribution in [0.2, 0.25) is 0 Å². The van der Waals surface area contributed by atoms with E-state index in [4.69, 9.17) is 0 Å². The summed E-state index contributed by atoms with van der Waals surface area (Å²) < 4.78 is 38.5. The van der Waals surface area contributed by atoms with E-state index in [0.717, 1.165) is 29.1 Å². The highest BCUT2D eigenvalue weighted by atomic mass is 32.1. The summed E-state index contributed by atoms with van der Waals surface area (Å²) in [5.41, 5.74) is -0.00192. The van der Waals surface area contributed by atoms with Crippen molar-refractivity contribution in [3.05, 3.63) is 94.1 Å². The maximum atomic E-state index is 12.8. The summed E-state index contributed by atoms with van der Waals surface area (Å²) in [6.45, 7) is 0.642. The fourth-order valence-corrected chi connectivity index (χ4v) is 5.31. The third-order valence-electron chi connectivity index (χ3n) is 7.08. The number of amides is 2. The maximum absolute atomic E-state index is 12.8. The van der Waals surface area contributed by atoms with Gasteiger partial charge in [-0.25, -0.2) is 0 Å². The van der Waals surface area contributed by atoms with Crippen molar-refractivity contribution in [1.29, 1.82) is 0 Å². The molecule has 47 heavy (non-hydrogen) atoms. The van der Waals surface area contributed by atoms with E-state index in [1.54, 1.807) is 30.3 Å². The summed E-state index contributed by atoms with van der Waals surface area (Å²) in [6, 6.07) is 19.8. The van der Waals surface area contributed by atoms with Crippen LogP contribution in [0.25, 0.3) is 0 Å². The van der Waals surface area contributed by atoms with Crippen LogP contribution < -0.4 is 16.0 Å². The molecule has 2 atom stereocenters. The van der Waals surface area contributed by atoms with Crippen molar-refractivity contribution in [1.82, 2.24) is 25.7 Å². The van der Waals surface area contributed by atoms with Crippen molar-refractivity contribution in [3.8, 4) is 0 Å². The molecule has 11 nitrogen and oxygen atoms in total. The molecule has 2 aromatic carbocycles. The van der Waals surface area contributed by atoms with Crippen LogP contribution >= 0.6 is 11.3 Å². The molecule has 2 heterocycles. The third-order valence-corrected chi connectivity index (χ3v) is 7.98. The van der Waals surface area contributed by atoms with E-state index in [2.05, 4.69) is 36.3 Å². The lowest BCUT2D eigenvalue weighted by Crippen LogP contribution is -2.47. The van der Waals surface area contributed by atoms with Crippen molar-refractivity contribution < 1.29 is 33.0 Å². The molecule has 250 valence electrons. The molecule has 2 amide bonds. The van der Waals surface area contributed by atoms with Crippen molar-refractivity contribution in [2.45, 2.75) is 76.4 Å². The van der Waals surface area contributed by atoms with Crippen LogP contribution in [0, 0.1) is 0 Å². The molecule has 0 saturated heterocycles. The number of alkyl halides is 3. The number of unbranched alkanes of at least 4 members (excludes halogenated alkanes) is 1. The summed E-state index contributed by atoms with van der Waals surface area (Å²) >= 11 is 1.29. The molecular formula is C32H36F3N7O4S. The quantitative estimate of drug-likeness (QED) is 0.0861. The minimum Gasteiger partial charge on any atom is -0.381 e. The Bertz CT molecular complexity index is 1600. The number of anilines is 2. The molecule has 2 unspecified atom stereocenters. The highest BCUT2D eigenvalue weighted by Gasteiger charge is 2.50. The van der Waals surface area contributed by atoms with Gasteiger partial charge in [0, 0.05) is 19.4 Å². The normalized spacial score (nSPS) is 13.5.